The lowest BCUT2D eigenvalue weighted by atomic mass is 9.65. The van der Waals surface area contributed by atoms with Crippen molar-refractivity contribution in [2.45, 2.75) is 42.6 Å². The number of hydrogen-bond acceptors (Lipinski definition) is 10. The van der Waals surface area contributed by atoms with E-state index in [1.165, 1.54) is 11.3 Å². The third kappa shape index (κ3) is 6.80. The molecule has 4 heterocycles. The van der Waals surface area contributed by atoms with Gasteiger partial charge in [-0.3, -0.25) is 19.3 Å². The number of urea groups is 1. The molecule has 2 saturated heterocycles. The first-order valence-corrected chi connectivity index (χ1v) is 22.0. The number of nitrogens with one attached hydrogen (secondary N) is 2. The topological polar surface area (TPSA) is 150 Å². The third-order valence-corrected chi connectivity index (χ3v) is 13.5. The molecule has 0 aliphatic carbocycles. The minimum absolute atomic E-state index is 0.00313. The van der Waals surface area contributed by atoms with Crippen LogP contribution >= 0.6 is 11.3 Å². The maximum Gasteiger partial charge on any atom is 0.329 e. The molecule has 13 heteroatoms. The van der Waals surface area contributed by atoms with Gasteiger partial charge in [-0.1, -0.05) is 145 Å². The van der Waals surface area contributed by atoms with E-state index in [9.17, 15) is 9.90 Å². The zero-order chi connectivity index (χ0) is 44.0. The first-order chi connectivity index (χ1) is 31.3. The molecule has 3 aliphatic rings. The Hall–Kier alpha value is -7.19. The zero-order valence-corrected chi connectivity index (χ0v) is 35.4. The molecular formula is C51H43N5O7S. The first kappa shape index (κ1) is 40.9. The number of imide groups is 1. The number of aliphatic hydroxyl groups excluding tert-OH is 1. The number of benzene rings is 6. The van der Waals surface area contributed by atoms with Crippen LogP contribution in [0, 0.1) is 5.92 Å². The summed E-state index contributed by atoms with van der Waals surface area (Å²) in [6.07, 6.45) is -0.885. The van der Waals surface area contributed by atoms with Gasteiger partial charge in [-0.25, -0.2) is 14.7 Å². The zero-order valence-electron chi connectivity index (χ0n) is 34.6. The number of carbonyl (C=O) groups excluding carboxylic acids is 4. The van der Waals surface area contributed by atoms with Gasteiger partial charge in [-0.2, -0.15) is 0 Å². The standard InChI is InChI=1S/C51H43N5O7S/c1-31(32-16-5-2-6-17-32)52-50(61)55-39-26-13-11-24-37(39)51(48(55)60)41(46(58)54-49-53-38-25-12-14-27-40(38)64-49)43-47(59)63-44(34-20-9-4-10-21-34)42(33-18-7-3-8-19-33)56(43)45(51)35-22-15-23-36(30-35)62-29-28-57/h2-27,30-31,41-45,57H,28-29H2,1H3,(H,52,61)(H,53,54,58)/t31-,41-,42-,43-,44+,45+,51-/m1/s1. The van der Waals surface area contributed by atoms with Gasteiger partial charge in [0.05, 0.1) is 46.6 Å². The predicted octanol–water partition coefficient (Wildman–Crippen LogP) is 8.44. The Morgan fingerprint density at radius 2 is 1.45 bits per heavy atom. The van der Waals surface area contributed by atoms with Crippen LogP contribution < -0.4 is 20.3 Å². The first-order valence-electron chi connectivity index (χ1n) is 21.2. The van der Waals surface area contributed by atoms with E-state index in [4.69, 9.17) is 14.5 Å². The van der Waals surface area contributed by atoms with Crippen LogP contribution in [0.4, 0.5) is 15.6 Å². The minimum Gasteiger partial charge on any atom is -0.491 e. The molecule has 7 atom stereocenters. The fourth-order valence-corrected chi connectivity index (χ4v) is 10.9. The number of aliphatic hydroxyl groups is 1. The second kappa shape index (κ2) is 16.8. The number of ether oxygens (including phenoxy) is 2. The molecule has 3 aliphatic heterocycles. The van der Waals surface area contributed by atoms with Gasteiger partial charge in [0, 0.05) is 0 Å². The molecule has 10 rings (SSSR count). The maximum atomic E-state index is 16.4. The fraction of sp³-hybridized carbons (Fsp3) is 0.196. The van der Waals surface area contributed by atoms with Crippen molar-refractivity contribution in [1.29, 1.82) is 0 Å². The van der Waals surface area contributed by atoms with Crippen molar-refractivity contribution in [3.63, 3.8) is 0 Å². The molecule has 3 N–H and O–H groups in total. The highest BCUT2D eigenvalue weighted by atomic mass is 32.1. The lowest BCUT2D eigenvalue weighted by Gasteiger charge is -2.46. The van der Waals surface area contributed by atoms with E-state index >= 15 is 14.4 Å². The van der Waals surface area contributed by atoms with E-state index in [0.29, 0.717) is 28.0 Å². The van der Waals surface area contributed by atoms with Crippen molar-refractivity contribution in [2.24, 2.45) is 5.92 Å². The summed E-state index contributed by atoms with van der Waals surface area (Å²) < 4.78 is 13.4. The summed E-state index contributed by atoms with van der Waals surface area (Å²) >= 11 is 1.27. The minimum atomic E-state index is -1.94. The number of anilines is 2. The highest BCUT2D eigenvalue weighted by Gasteiger charge is 2.75. The number of amides is 4. The van der Waals surface area contributed by atoms with E-state index in [1.807, 2.05) is 133 Å². The number of thiazole rings is 1. The van der Waals surface area contributed by atoms with Crippen LogP contribution in [-0.2, 0) is 24.5 Å². The Bertz CT molecular complexity index is 2850. The smallest absolute Gasteiger partial charge is 0.329 e. The molecule has 0 radical (unpaired) electrons. The van der Waals surface area contributed by atoms with Gasteiger partial charge in [0.1, 0.15) is 29.9 Å². The Kier molecular flexibility index (Phi) is 10.7. The summed E-state index contributed by atoms with van der Waals surface area (Å²) in [5, 5.41) is 16.1. The molecule has 0 unspecified atom stereocenters. The Balaban J connectivity index is 1.23. The SMILES string of the molecule is C[C@@H](NC(=O)N1C(=O)[C@@]2(c3ccccc31)[C@H](c1cccc(OCCO)c1)N1[C@H](c3ccccc3)[C@H](c3ccccc3)OC(=O)[C@H]1[C@@H]2C(=O)Nc1nc2ccccc2s1)c1ccccc1. The van der Waals surface area contributed by atoms with Crippen LogP contribution in [0.15, 0.2) is 164 Å². The second-order valence-electron chi connectivity index (χ2n) is 16.1. The molecule has 1 spiro atoms. The maximum absolute atomic E-state index is 16.4. The summed E-state index contributed by atoms with van der Waals surface area (Å²) in [7, 11) is 0. The molecule has 4 amide bonds. The summed E-state index contributed by atoms with van der Waals surface area (Å²) in [6, 6.07) is 45.7. The van der Waals surface area contributed by atoms with Crippen molar-refractivity contribution in [3.05, 3.63) is 192 Å². The fourth-order valence-electron chi connectivity index (χ4n) is 9.99. The molecule has 6 aromatic carbocycles. The Labute approximate surface area is 373 Å². The number of para-hydroxylation sites is 2. The van der Waals surface area contributed by atoms with Gasteiger partial charge in [0.25, 0.3) is 0 Å². The van der Waals surface area contributed by atoms with Crippen LogP contribution in [0.1, 0.15) is 59.0 Å². The lowest BCUT2D eigenvalue weighted by Crippen LogP contribution is -2.55. The van der Waals surface area contributed by atoms with Crippen molar-refractivity contribution >= 4 is 56.2 Å². The van der Waals surface area contributed by atoms with Crippen molar-refractivity contribution in [2.75, 3.05) is 23.4 Å². The second-order valence-corrected chi connectivity index (χ2v) is 17.2. The summed E-state index contributed by atoms with van der Waals surface area (Å²) in [6.45, 7) is 1.60. The molecule has 12 nitrogen and oxygen atoms in total. The van der Waals surface area contributed by atoms with Crippen molar-refractivity contribution in [3.8, 4) is 5.75 Å². The van der Waals surface area contributed by atoms with Gasteiger partial charge in [0.2, 0.25) is 11.8 Å². The molecule has 320 valence electrons. The lowest BCUT2D eigenvalue weighted by molar-refractivity contribution is -0.177. The van der Waals surface area contributed by atoms with Crippen LogP contribution in [0.3, 0.4) is 0 Å². The molecule has 1 aromatic heterocycles. The average Bonchev–Trinajstić information content (AvgIpc) is 3.97. The number of morpholine rings is 1. The third-order valence-electron chi connectivity index (χ3n) is 12.5. The summed E-state index contributed by atoms with van der Waals surface area (Å²) in [5.74, 6) is -3.12. The molecule has 0 saturated carbocycles. The van der Waals surface area contributed by atoms with Gasteiger partial charge in [-0.05, 0) is 65.1 Å². The molecular weight excluding hydrogens is 827 g/mol. The van der Waals surface area contributed by atoms with E-state index in [1.54, 1.807) is 42.5 Å². The molecule has 2 fully saturated rings. The normalized spacial score (nSPS) is 23.0. The summed E-state index contributed by atoms with van der Waals surface area (Å²) in [4.78, 5) is 70.1. The number of fused-ring (bicyclic) bond motifs is 4. The predicted molar refractivity (Wildman–Crippen MR) is 243 cm³/mol. The van der Waals surface area contributed by atoms with Crippen LogP contribution in [0.25, 0.3) is 10.2 Å². The van der Waals surface area contributed by atoms with E-state index in [0.717, 1.165) is 20.7 Å². The quantitative estimate of drug-likeness (QED) is 0.115. The number of rotatable bonds is 10. The average molecular weight is 870 g/mol. The van der Waals surface area contributed by atoms with Crippen molar-refractivity contribution < 1.29 is 33.8 Å². The van der Waals surface area contributed by atoms with Crippen LogP contribution in [0.5, 0.6) is 5.75 Å². The number of esters is 1. The van der Waals surface area contributed by atoms with E-state index in [2.05, 4.69) is 10.6 Å². The molecule has 0 bridgehead atoms. The largest absolute Gasteiger partial charge is 0.491 e. The van der Waals surface area contributed by atoms with Gasteiger partial charge in [0.15, 0.2) is 5.13 Å². The van der Waals surface area contributed by atoms with E-state index < -0.39 is 65.4 Å². The van der Waals surface area contributed by atoms with E-state index in [-0.39, 0.29) is 24.0 Å². The van der Waals surface area contributed by atoms with Crippen LogP contribution in [-0.4, -0.2) is 58.1 Å². The van der Waals surface area contributed by atoms with Gasteiger partial charge < -0.3 is 25.2 Å². The van der Waals surface area contributed by atoms with Gasteiger partial charge in [-0.15, -0.1) is 0 Å². The van der Waals surface area contributed by atoms with Crippen LogP contribution in [0.2, 0.25) is 0 Å². The summed E-state index contributed by atoms with van der Waals surface area (Å²) in [5.41, 5.74) is 2.27. The monoisotopic (exact) mass is 869 g/mol. The Morgan fingerprint density at radius 1 is 0.797 bits per heavy atom. The highest BCUT2D eigenvalue weighted by Crippen LogP contribution is 2.66. The molecule has 7 aromatic rings. The van der Waals surface area contributed by atoms with Gasteiger partial charge >= 0.3 is 12.0 Å². The number of carbonyl (C=O) groups is 4. The number of hydrogen-bond donors (Lipinski definition) is 3. The number of aromatic nitrogens is 1. The number of cyclic esters (lactones) is 1. The Morgan fingerprint density at radius 3 is 2.19 bits per heavy atom. The number of nitrogens with zero attached hydrogens (tertiary/aromatic N) is 3. The van der Waals surface area contributed by atoms with Crippen molar-refractivity contribution in [1.82, 2.24) is 15.2 Å². The molecule has 64 heavy (non-hydrogen) atoms. The highest BCUT2D eigenvalue weighted by molar-refractivity contribution is 7.22.